The van der Waals surface area contributed by atoms with Gasteiger partial charge in [-0.25, -0.2) is 13.6 Å². The molecule has 2 aromatic rings. The van der Waals surface area contributed by atoms with Crippen molar-refractivity contribution in [3.63, 3.8) is 0 Å². The van der Waals surface area contributed by atoms with Gasteiger partial charge in [0.15, 0.2) is 11.6 Å². The Kier molecular flexibility index (Phi) is 4.29. The van der Waals surface area contributed by atoms with Crippen LogP contribution in [-0.4, -0.2) is 40.6 Å². The van der Waals surface area contributed by atoms with Crippen LogP contribution >= 0.6 is 0 Å². The van der Waals surface area contributed by atoms with E-state index in [1.807, 2.05) is 13.8 Å². The molecular weight excluding hydrogens is 370 g/mol. The molecule has 0 spiro atoms. The Morgan fingerprint density at radius 2 is 1.82 bits per heavy atom. The van der Waals surface area contributed by atoms with E-state index in [-0.39, 0.29) is 29.2 Å². The number of fused-ring (bicyclic) bond motifs is 1. The van der Waals surface area contributed by atoms with Gasteiger partial charge in [-0.1, -0.05) is 0 Å². The monoisotopic (exact) mass is 392 g/mol. The number of nitrogens with one attached hydrogen (secondary N) is 1. The maximum atomic E-state index is 15.6. The van der Waals surface area contributed by atoms with Crippen LogP contribution in [0.3, 0.4) is 0 Å². The molecule has 4 rings (SSSR count). The molecule has 7 nitrogen and oxygen atoms in total. The van der Waals surface area contributed by atoms with Crippen molar-refractivity contribution in [3.05, 3.63) is 39.2 Å². The molecule has 0 radical (unpaired) electrons. The summed E-state index contributed by atoms with van der Waals surface area (Å²) in [5.41, 5.74) is 4.34. The van der Waals surface area contributed by atoms with E-state index in [4.69, 9.17) is 5.73 Å². The molecule has 2 atom stereocenters. The molecule has 0 amide bonds. The lowest BCUT2D eigenvalue weighted by atomic mass is 10.0. The Morgan fingerprint density at radius 3 is 2.36 bits per heavy atom. The highest BCUT2D eigenvalue weighted by Gasteiger charge is 2.34. The van der Waals surface area contributed by atoms with Crippen LogP contribution in [0, 0.1) is 11.6 Å². The minimum Gasteiger partial charge on any atom is -0.477 e. The van der Waals surface area contributed by atoms with Crippen molar-refractivity contribution in [2.24, 2.45) is 0 Å². The van der Waals surface area contributed by atoms with Crippen molar-refractivity contribution >= 4 is 23.0 Å². The summed E-state index contributed by atoms with van der Waals surface area (Å²) in [6, 6.07) is 1.24. The number of pyridine rings is 2. The number of aromatic carboxylic acids is 1. The second-order valence-electron chi connectivity index (χ2n) is 7.82. The van der Waals surface area contributed by atoms with Crippen LogP contribution in [0.2, 0.25) is 0 Å². The molecule has 4 N–H and O–H groups in total. The van der Waals surface area contributed by atoms with Crippen molar-refractivity contribution in [1.82, 2.24) is 9.72 Å². The highest BCUT2D eigenvalue weighted by Crippen LogP contribution is 2.44. The van der Waals surface area contributed by atoms with Gasteiger partial charge in [0.25, 0.3) is 5.56 Å². The second-order valence-corrected chi connectivity index (χ2v) is 7.82. The van der Waals surface area contributed by atoms with Crippen molar-refractivity contribution < 1.29 is 18.7 Å². The van der Waals surface area contributed by atoms with Crippen LogP contribution in [0.1, 0.15) is 48.5 Å². The number of hydrogen-bond acceptors (Lipinski definition) is 5. The zero-order valence-electron chi connectivity index (χ0n) is 15.6. The van der Waals surface area contributed by atoms with Crippen molar-refractivity contribution in [3.8, 4) is 0 Å². The summed E-state index contributed by atoms with van der Waals surface area (Å²) in [6.45, 7) is 4.60. The summed E-state index contributed by atoms with van der Waals surface area (Å²) in [5, 5.41) is 12.6. The first-order valence-corrected chi connectivity index (χ1v) is 9.31. The van der Waals surface area contributed by atoms with E-state index < -0.39 is 34.5 Å². The molecule has 1 aliphatic carbocycles. The van der Waals surface area contributed by atoms with E-state index >= 15 is 8.78 Å². The Hall–Kier alpha value is -2.68. The van der Waals surface area contributed by atoms with Gasteiger partial charge in [-0.05, 0) is 44.2 Å². The predicted octanol–water partition coefficient (Wildman–Crippen LogP) is 1.92. The molecule has 150 valence electrons. The molecule has 1 saturated carbocycles. The number of halogens is 2. The Labute approximate surface area is 159 Å². The van der Waals surface area contributed by atoms with E-state index in [1.165, 1.54) is 6.07 Å². The first-order chi connectivity index (χ1) is 13.2. The number of hydrogen-bond donors (Lipinski definition) is 3. The number of piperazine rings is 1. The summed E-state index contributed by atoms with van der Waals surface area (Å²) in [4.78, 5) is 25.7. The number of rotatable bonds is 3. The third kappa shape index (κ3) is 2.81. The summed E-state index contributed by atoms with van der Waals surface area (Å²) >= 11 is 0. The minimum atomic E-state index is -1.45. The van der Waals surface area contributed by atoms with Gasteiger partial charge in [0.05, 0.1) is 5.52 Å². The number of carbonyl (C=O) groups is 1. The van der Waals surface area contributed by atoms with Gasteiger partial charge in [-0.3, -0.25) is 9.20 Å². The second kappa shape index (κ2) is 6.44. The normalized spacial score (nSPS) is 22.6. The van der Waals surface area contributed by atoms with E-state index in [1.54, 1.807) is 4.90 Å². The first kappa shape index (κ1) is 18.7. The molecule has 2 aromatic heterocycles. The lowest BCUT2D eigenvalue weighted by Gasteiger charge is -2.38. The lowest BCUT2D eigenvalue weighted by molar-refractivity contribution is 0.0694. The molecule has 1 aliphatic heterocycles. The van der Waals surface area contributed by atoms with Gasteiger partial charge < -0.3 is 21.1 Å². The molecule has 28 heavy (non-hydrogen) atoms. The number of anilines is 2. The molecule has 2 fully saturated rings. The topological polar surface area (TPSA) is 100 Å². The Morgan fingerprint density at radius 1 is 1.21 bits per heavy atom. The van der Waals surface area contributed by atoms with Gasteiger partial charge in [-0.15, -0.1) is 0 Å². The van der Waals surface area contributed by atoms with Crippen LogP contribution in [0.25, 0.3) is 5.52 Å². The van der Waals surface area contributed by atoms with Crippen LogP contribution in [0.4, 0.5) is 20.3 Å². The smallest absolute Gasteiger partial charge is 0.341 e. The van der Waals surface area contributed by atoms with Gasteiger partial charge in [0.1, 0.15) is 17.1 Å². The SMILES string of the molecule is C[C@@H]1CN(c2c(F)c(N)n3c(=O)c(C(=O)O)cc(C4CC4)c3c2F)C[C@H](C)N1. The zero-order valence-corrected chi connectivity index (χ0v) is 15.6. The number of carboxylic acid groups (broad SMARTS) is 1. The summed E-state index contributed by atoms with van der Waals surface area (Å²) in [6.07, 6.45) is 1.50. The zero-order chi connectivity index (χ0) is 20.3. The molecular formula is C19H22F2N4O3. The third-order valence-electron chi connectivity index (χ3n) is 5.44. The minimum absolute atomic E-state index is 0.0134. The molecule has 1 saturated heterocycles. The fourth-order valence-electron chi connectivity index (χ4n) is 4.17. The van der Waals surface area contributed by atoms with E-state index in [2.05, 4.69) is 5.32 Å². The highest BCUT2D eigenvalue weighted by atomic mass is 19.1. The van der Waals surface area contributed by atoms with Gasteiger partial charge in [-0.2, -0.15) is 0 Å². The van der Waals surface area contributed by atoms with Crippen molar-refractivity contribution in [2.75, 3.05) is 23.7 Å². The van der Waals surface area contributed by atoms with Crippen molar-refractivity contribution in [2.45, 2.75) is 44.7 Å². The van der Waals surface area contributed by atoms with Crippen LogP contribution in [-0.2, 0) is 0 Å². The molecule has 0 unspecified atom stereocenters. The number of nitrogen functional groups attached to an aromatic ring is 1. The predicted molar refractivity (Wildman–Crippen MR) is 101 cm³/mol. The van der Waals surface area contributed by atoms with Gasteiger partial charge >= 0.3 is 5.97 Å². The first-order valence-electron chi connectivity index (χ1n) is 9.31. The highest BCUT2D eigenvalue weighted by molar-refractivity contribution is 5.89. The Bertz CT molecular complexity index is 1040. The Balaban J connectivity index is 2.05. The fourth-order valence-corrected chi connectivity index (χ4v) is 4.17. The largest absolute Gasteiger partial charge is 0.477 e. The number of carboxylic acids is 1. The summed E-state index contributed by atoms with van der Waals surface area (Å²) in [5.74, 6) is -4.00. The molecule has 0 bridgehead atoms. The molecule has 9 heteroatoms. The molecule has 3 heterocycles. The van der Waals surface area contributed by atoms with Crippen LogP contribution in [0.15, 0.2) is 10.9 Å². The van der Waals surface area contributed by atoms with E-state index in [0.717, 1.165) is 12.8 Å². The standard InChI is InChI=1S/C19H22F2N4O3/c1-8-6-24(7-9(2)23-8)16-13(20)15-11(10-3-4-10)5-12(19(27)28)18(26)25(15)17(22)14(16)21/h5,8-10,23H,3-4,6-7,22H2,1-2H3,(H,27,28)/t8-,9+. The molecule has 2 aliphatic rings. The number of nitrogens with zero attached hydrogens (tertiary/aromatic N) is 2. The quantitative estimate of drug-likeness (QED) is 0.738. The average molecular weight is 392 g/mol. The fraction of sp³-hybridized carbons (Fsp3) is 0.474. The summed E-state index contributed by atoms with van der Waals surface area (Å²) < 4.78 is 31.5. The third-order valence-corrected chi connectivity index (χ3v) is 5.44. The average Bonchev–Trinajstić information content (AvgIpc) is 3.43. The van der Waals surface area contributed by atoms with Gasteiger partial charge in [0.2, 0.25) is 0 Å². The van der Waals surface area contributed by atoms with Crippen LogP contribution < -0.4 is 21.5 Å². The summed E-state index contributed by atoms with van der Waals surface area (Å²) in [7, 11) is 0. The molecule has 0 aromatic carbocycles. The van der Waals surface area contributed by atoms with Gasteiger partial charge in [0, 0.05) is 25.2 Å². The van der Waals surface area contributed by atoms with Crippen LogP contribution in [0.5, 0.6) is 0 Å². The maximum absolute atomic E-state index is 15.6. The lowest BCUT2D eigenvalue weighted by Crippen LogP contribution is -2.54. The van der Waals surface area contributed by atoms with Crippen molar-refractivity contribution in [1.29, 1.82) is 0 Å². The van der Waals surface area contributed by atoms with E-state index in [0.29, 0.717) is 23.1 Å². The number of aromatic nitrogens is 1. The maximum Gasteiger partial charge on any atom is 0.341 e. The number of nitrogens with two attached hydrogens (primary N) is 1. The van der Waals surface area contributed by atoms with E-state index in [9.17, 15) is 14.7 Å².